The van der Waals surface area contributed by atoms with E-state index in [2.05, 4.69) is 34.9 Å². The normalized spacial score (nSPS) is 16.6. The maximum atomic E-state index is 13.6. The molecule has 0 N–H and O–H groups in total. The lowest BCUT2D eigenvalue weighted by Gasteiger charge is -2.24. The first kappa shape index (κ1) is 35.1. The van der Waals surface area contributed by atoms with E-state index in [1.807, 2.05) is 54.6 Å². The minimum absolute atomic E-state index is 0.198. The second-order valence-corrected chi connectivity index (χ2v) is 14.8. The van der Waals surface area contributed by atoms with E-state index in [4.69, 9.17) is 21.1 Å². The van der Waals surface area contributed by atoms with Gasteiger partial charge in [0, 0.05) is 39.9 Å². The fourth-order valence-electron chi connectivity index (χ4n) is 8.14. The number of hydrogen-bond donors (Lipinski definition) is 0. The molecule has 6 heteroatoms. The van der Waals surface area contributed by atoms with Crippen molar-refractivity contribution in [2.24, 2.45) is 0 Å². The zero-order valence-corrected chi connectivity index (χ0v) is 30.5. The number of benzene rings is 4. The molecule has 2 bridgehead atoms. The highest BCUT2D eigenvalue weighted by Crippen LogP contribution is 2.45. The third-order valence-electron chi connectivity index (χ3n) is 10.9. The number of methoxy groups -OCH3 is 1. The second kappa shape index (κ2) is 16.3. The third-order valence-corrected chi connectivity index (χ3v) is 11.1. The van der Waals surface area contributed by atoms with Crippen molar-refractivity contribution in [1.29, 1.82) is 0 Å². The molecule has 0 amide bonds. The van der Waals surface area contributed by atoms with Crippen LogP contribution in [0.25, 0.3) is 33.3 Å². The molecule has 1 fully saturated rings. The lowest BCUT2D eigenvalue weighted by molar-refractivity contribution is -0.119. The van der Waals surface area contributed by atoms with Gasteiger partial charge in [-0.3, -0.25) is 9.59 Å². The summed E-state index contributed by atoms with van der Waals surface area (Å²) >= 11 is 6.18. The van der Waals surface area contributed by atoms with Crippen molar-refractivity contribution >= 4 is 34.1 Å². The van der Waals surface area contributed by atoms with Gasteiger partial charge in [-0.1, -0.05) is 86.9 Å². The van der Waals surface area contributed by atoms with Crippen LogP contribution < -0.4 is 9.47 Å². The van der Waals surface area contributed by atoms with Crippen LogP contribution in [0.2, 0.25) is 5.02 Å². The molecular formula is C45H48ClNO4. The molecule has 2 heterocycles. The van der Waals surface area contributed by atoms with E-state index in [0.717, 1.165) is 102 Å². The highest BCUT2D eigenvalue weighted by Gasteiger charge is 2.28. The van der Waals surface area contributed by atoms with Crippen molar-refractivity contribution in [2.45, 2.75) is 103 Å². The number of fused-ring (bicyclic) bond motifs is 1. The first-order valence-corrected chi connectivity index (χ1v) is 19.2. The number of hydrogen-bond acceptors (Lipinski definition) is 4. The average Bonchev–Trinajstić information content (AvgIpc) is 3.48. The quantitative estimate of drug-likeness (QED) is 0.169. The van der Waals surface area contributed by atoms with Crippen LogP contribution in [0.15, 0.2) is 84.9 Å². The number of carbonyl (C=O) groups excluding carboxylic acids is 2. The lowest BCUT2D eigenvalue weighted by Crippen LogP contribution is -2.12. The first-order valence-electron chi connectivity index (χ1n) is 18.9. The highest BCUT2D eigenvalue weighted by atomic mass is 35.5. The van der Waals surface area contributed by atoms with Crippen LogP contribution in [0, 0.1) is 0 Å². The highest BCUT2D eigenvalue weighted by molar-refractivity contribution is 6.30. The summed E-state index contributed by atoms with van der Waals surface area (Å²) in [5, 5.41) is 1.88. The van der Waals surface area contributed by atoms with Gasteiger partial charge in [-0.15, -0.1) is 0 Å². The molecule has 1 aliphatic heterocycles. The Hall–Kier alpha value is -4.35. The summed E-state index contributed by atoms with van der Waals surface area (Å²) in [6.07, 6.45) is 13.3. The summed E-state index contributed by atoms with van der Waals surface area (Å²) in [6, 6.07) is 28.5. The molecule has 7 rings (SSSR count). The summed E-state index contributed by atoms with van der Waals surface area (Å²) in [6.45, 7) is 0.686. The zero-order chi connectivity index (χ0) is 35.2. The number of rotatable bonds is 7. The maximum absolute atomic E-state index is 13.6. The Morgan fingerprint density at radius 1 is 0.686 bits per heavy atom. The minimum Gasteiger partial charge on any atom is -0.497 e. The van der Waals surface area contributed by atoms with Crippen LogP contribution in [0.5, 0.6) is 11.5 Å². The molecule has 2 aliphatic rings. The van der Waals surface area contributed by atoms with Gasteiger partial charge in [-0.05, 0) is 108 Å². The van der Waals surface area contributed by atoms with Gasteiger partial charge in [-0.2, -0.15) is 0 Å². The molecule has 4 aromatic carbocycles. The summed E-state index contributed by atoms with van der Waals surface area (Å²) in [7, 11) is 1.67. The third kappa shape index (κ3) is 8.10. The summed E-state index contributed by atoms with van der Waals surface area (Å²) in [5.41, 5.74) is 8.41. The number of ether oxygens (including phenoxy) is 2. The Morgan fingerprint density at radius 3 is 2.08 bits per heavy atom. The van der Waals surface area contributed by atoms with Crippen molar-refractivity contribution in [2.75, 3.05) is 7.11 Å². The van der Waals surface area contributed by atoms with Crippen LogP contribution in [0.4, 0.5) is 0 Å². The van der Waals surface area contributed by atoms with E-state index in [1.165, 1.54) is 30.2 Å². The maximum Gasteiger partial charge on any atom is 0.162 e. The Labute approximate surface area is 306 Å². The Balaban J connectivity index is 1.25. The predicted octanol–water partition coefficient (Wildman–Crippen LogP) is 12.2. The number of halogens is 1. The molecule has 0 atom stereocenters. The van der Waals surface area contributed by atoms with Gasteiger partial charge in [0.2, 0.25) is 0 Å². The standard InChI is InChI=1S/C45H48ClNO4/c1-50-39-24-26-40(31-15-20-36(46)21-16-31)35(27-39)30-51-38-22-17-33(18-23-38)45-44(32-11-7-6-8-12-32)41-25-19-34-28-42(41)47(45)29-37(48)13-9-4-2-3-5-10-14-43(34)49/h15-28,32H,2-14,29-30H2,1H3. The van der Waals surface area contributed by atoms with Crippen molar-refractivity contribution in [1.82, 2.24) is 4.57 Å². The summed E-state index contributed by atoms with van der Waals surface area (Å²) in [5.74, 6) is 2.40. The van der Waals surface area contributed by atoms with E-state index < -0.39 is 0 Å². The number of ketones is 2. The van der Waals surface area contributed by atoms with Crippen molar-refractivity contribution < 1.29 is 19.1 Å². The van der Waals surface area contributed by atoms with E-state index in [9.17, 15) is 9.59 Å². The van der Waals surface area contributed by atoms with Crippen LogP contribution in [0.1, 0.15) is 111 Å². The smallest absolute Gasteiger partial charge is 0.162 e. The number of Topliss-reactive ketones (excluding diaryl/α,β-unsaturated/α-hetero) is 2. The second-order valence-electron chi connectivity index (χ2n) is 14.3. The molecule has 5 aromatic rings. The van der Waals surface area contributed by atoms with E-state index >= 15 is 0 Å². The van der Waals surface area contributed by atoms with E-state index in [1.54, 1.807) is 7.11 Å². The monoisotopic (exact) mass is 701 g/mol. The molecule has 0 saturated heterocycles. The molecule has 51 heavy (non-hydrogen) atoms. The fourth-order valence-corrected chi connectivity index (χ4v) is 8.27. The van der Waals surface area contributed by atoms with Gasteiger partial charge in [0.1, 0.15) is 18.1 Å². The number of aromatic nitrogens is 1. The van der Waals surface area contributed by atoms with Crippen molar-refractivity contribution in [3.63, 3.8) is 0 Å². The molecule has 1 aromatic heterocycles. The summed E-state index contributed by atoms with van der Waals surface area (Å²) < 4.78 is 14.2. The van der Waals surface area contributed by atoms with E-state index in [0.29, 0.717) is 36.9 Å². The van der Waals surface area contributed by atoms with Crippen molar-refractivity contribution in [3.05, 3.63) is 107 Å². The van der Waals surface area contributed by atoms with Crippen LogP contribution in [-0.4, -0.2) is 23.2 Å². The Kier molecular flexibility index (Phi) is 11.2. The molecule has 1 saturated carbocycles. The predicted molar refractivity (Wildman–Crippen MR) is 207 cm³/mol. The molecule has 1 aliphatic carbocycles. The summed E-state index contributed by atoms with van der Waals surface area (Å²) in [4.78, 5) is 27.0. The van der Waals surface area contributed by atoms with Gasteiger partial charge in [0.15, 0.2) is 11.6 Å². The van der Waals surface area contributed by atoms with Crippen molar-refractivity contribution in [3.8, 4) is 33.9 Å². The van der Waals surface area contributed by atoms with Crippen LogP contribution >= 0.6 is 11.6 Å². The molecule has 0 unspecified atom stereocenters. The van der Waals surface area contributed by atoms with Gasteiger partial charge in [-0.25, -0.2) is 0 Å². The molecule has 5 nitrogen and oxygen atoms in total. The van der Waals surface area contributed by atoms with Crippen LogP contribution in [0.3, 0.4) is 0 Å². The topological polar surface area (TPSA) is 57.5 Å². The fraction of sp³-hybridized carbons (Fsp3) is 0.378. The Morgan fingerprint density at radius 2 is 1.33 bits per heavy atom. The molecule has 0 spiro atoms. The molecular weight excluding hydrogens is 654 g/mol. The average molecular weight is 702 g/mol. The number of nitrogens with zero attached hydrogens (tertiary/aromatic N) is 1. The van der Waals surface area contributed by atoms with Gasteiger partial charge in [0.25, 0.3) is 0 Å². The van der Waals surface area contributed by atoms with Gasteiger partial charge < -0.3 is 14.0 Å². The molecule has 0 radical (unpaired) electrons. The SMILES string of the molecule is COc1ccc(-c2ccc(Cl)cc2)c(COc2ccc(-c3c(C4CCCCC4)c4ccc5cc4n3CC(=O)CCCCCCCCC5=O)cc2)c1. The van der Waals surface area contributed by atoms with Gasteiger partial charge in [0.05, 0.1) is 19.3 Å². The number of carbonyl (C=O) groups is 2. The largest absolute Gasteiger partial charge is 0.497 e. The lowest BCUT2D eigenvalue weighted by atomic mass is 9.81. The van der Waals surface area contributed by atoms with Crippen LogP contribution in [-0.2, 0) is 17.9 Å². The van der Waals surface area contributed by atoms with Gasteiger partial charge >= 0.3 is 0 Å². The Bertz CT molecular complexity index is 1990. The first-order chi connectivity index (χ1) is 25.0. The molecule has 264 valence electrons. The van der Waals surface area contributed by atoms with E-state index in [-0.39, 0.29) is 11.6 Å². The zero-order valence-electron chi connectivity index (χ0n) is 29.7. The minimum atomic E-state index is 0.198.